The summed E-state index contributed by atoms with van der Waals surface area (Å²) in [6.07, 6.45) is 1.32. The summed E-state index contributed by atoms with van der Waals surface area (Å²) in [6.45, 7) is 2.17. The van der Waals surface area contributed by atoms with Crippen molar-refractivity contribution in [2.75, 3.05) is 51.4 Å². The van der Waals surface area contributed by atoms with Gasteiger partial charge in [0.15, 0.2) is 5.16 Å². The molecule has 1 fully saturated rings. The first-order chi connectivity index (χ1) is 11.5. The number of nitrogens with two attached hydrogens (primary N) is 1. The van der Waals surface area contributed by atoms with E-state index in [1.165, 1.54) is 11.1 Å². The van der Waals surface area contributed by atoms with E-state index in [4.69, 9.17) is 15.7 Å². The first-order valence-electron chi connectivity index (χ1n) is 7.26. The molecule has 128 valence electrons. The molecular formula is C14H18N6O3S. The minimum absolute atomic E-state index is 0.0236. The third-order valence-corrected chi connectivity index (χ3v) is 4.25. The smallest absolute Gasteiger partial charge is 0.242 e. The molecule has 10 heteroatoms. The normalized spacial score (nSPS) is 14.1. The van der Waals surface area contributed by atoms with Gasteiger partial charge >= 0.3 is 0 Å². The predicted molar refractivity (Wildman–Crippen MR) is 86.9 cm³/mol. The molecule has 24 heavy (non-hydrogen) atoms. The second-order valence-electron chi connectivity index (χ2n) is 5.09. The van der Waals surface area contributed by atoms with Gasteiger partial charge < -0.3 is 20.3 Å². The highest BCUT2D eigenvalue weighted by molar-refractivity contribution is 7.99. The molecule has 0 spiro atoms. The number of amides is 2. The van der Waals surface area contributed by atoms with Crippen molar-refractivity contribution in [1.82, 2.24) is 19.8 Å². The molecule has 9 nitrogen and oxygen atoms in total. The molecule has 0 aromatic carbocycles. The molecule has 0 unspecified atom stereocenters. The van der Waals surface area contributed by atoms with E-state index in [1.54, 1.807) is 11.9 Å². The molecule has 2 amide bonds. The topological polar surface area (TPSA) is 125 Å². The lowest BCUT2D eigenvalue weighted by Crippen LogP contribution is -2.46. The van der Waals surface area contributed by atoms with E-state index in [0.717, 1.165) is 11.8 Å². The summed E-state index contributed by atoms with van der Waals surface area (Å²) in [5.74, 6) is -0.150. The second kappa shape index (κ2) is 8.47. The van der Waals surface area contributed by atoms with Crippen LogP contribution < -0.4 is 5.73 Å². The summed E-state index contributed by atoms with van der Waals surface area (Å²) < 4.78 is 5.19. The van der Waals surface area contributed by atoms with Gasteiger partial charge in [0.1, 0.15) is 17.5 Å². The van der Waals surface area contributed by atoms with Crippen molar-refractivity contribution in [1.29, 1.82) is 5.26 Å². The Labute approximate surface area is 143 Å². The molecule has 2 N–H and O–H groups in total. The number of carbonyl (C=O) groups excluding carboxylic acids is 2. The highest BCUT2D eigenvalue weighted by Crippen LogP contribution is 2.16. The molecule has 0 aliphatic carbocycles. The number of ether oxygens (including phenoxy) is 1. The lowest BCUT2D eigenvalue weighted by molar-refractivity contribution is -0.140. The van der Waals surface area contributed by atoms with Crippen LogP contribution in [0.5, 0.6) is 0 Å². The second-order valence-corrected chi connectivity index (χ2v) is 6.04. The highest BCUT2D eigenvalue weighted by Gasteiger charge is 2.20. The van der Waals surface area contributed by atoms with E-state index in [9.17, 15) is 9.59 Å². The fourth-order valence-electron chi connectivity index (χ4n) is 1.97. The number of likely N-dealkylation sites (N-methyl/N-ethyl adjacent to an activating group) is 1. The monoisotopic (exact) mass is 350 g/mol. The maximum absolute atomic E-state index is 12.1. The molecular weight excluding hydrogens is 332 g/mol. The lowest BCUT2D eigenvalue weighted by atomic mass is 10.3. The Morgan fingerprint density at radius 3 is 2.83 bits per heavy atom. The lowest BCUT2D eigenvalue weighted by Gasteiger charge is -2.28. The highest BCUT2D eigenvalue weighted by atomic mass is 32.2. The fourth-order valence-corrected chi connectivity index (χ4v) is 2.74. The SMILES string of the molecule is CN(CC(=O)N1CCOCC1)C(=O)CSc1ncc(C#N)c(N)n1. The first-order valence-corrected chi connectivity index (χ1v) is 8.24. The Balaban J connectivity index is 1.82. The van der Waals surface area contributed by atoms with E-state index in [2.05, 4.69) is 9.97 Å². The summed E-state index contributed by atoms with van der Waals surface area (Å²) in [5.41, 5.74) is 5.80. The molecule has 1 aliphatic rings. The van der Waals surface area contributed by atoms with Crippen LogP contribution in [0.4, 0.5) is 5.82 Å². The van der Waals surface area contributed by atoms with Crippen molar-refractivity contribution in [2.24, 2.45) is 0 Å². The van der Waals surface area contributed by atoms with E-state index in [1.807, 2.05) is 6.07 Å². The van der Waals surface area contributed by atoms with Crippen LogP contribution in [0.15, 0.2) is 11.4 Å². The number of carbonyl (C=O) groups is 2. The Morgan fingerprint density at radius 1 is 1.50 bits per heavy atom. The maximum Gasteiger partial charge on any atom is 0.242 e. The summed E-state index contributed by atoms with van der Waals surface area (Å²) in [7, 11) is 1.58. The van der Waals surface area contributed by atoms with E-state index in [0.29, 0.717) is 31.5 Å². The first kappa shape index (κ1) is 18.0. The van der Waals surface area contributed by atoms with Gasteiger partial charge in [-0.15, -0.1) is 0 Å². The predicted octanol–water partition coefficient (Wildman–Crippen LogP) is -0.660. The molecule has 0 saturated carbocycles. The van der Waals surface area contributed by atoms with Crippen LogP contribution in [0, 0.1) is 11.3 Å². The van der Waals surface area contributed by atoms with Crippen LogP contribution in [0.1, 0.15) is 5.56 Å². The standard InChI is InChI=1S/C14H18N6O3S/c1-19(8-11(21)20-2-4-23-5-3-20)12(22)9-24-14-17-7-10(6-15)13(16)18-14/h7H,2-5,8-9H2,1H3,(H2,16,17,18). The van der Waals surface area contributed by atoms with Gasteiger partial charge in [-0.05, 0) is 0 Å². The number of hydrogen-bond acceptors (Lipinski definition) is 8. The van der Waals surface area contributed by atoms with E-state index < -0.39 is 0 Å². The van der Waals surface area contributed by atoms with E-state index in [-0.39, 0.29) is 35.5 Å². The molecule has 2 rings (SSSR count). The van der Waals surface area contributed by atoms with Crippen molar-refractivity contribution >= 4 is 29.4 Å². The van der Waals surface area contributed by atoms with Gasteiger partial charge in [0.25, 0.3) is 0 Å². The Morgan fingerprint density at radius 2 is 2.21 bits per heavy atom. The Bertz CT molecular complexity index is 656. The Hall–Kier alpha value is -2.38. The van der Waals surface area contributed by atoms with Crippen molar-refractivity contribution in [3.8, 4) is 6.07 Å². The van der Waals surface area contributed by atoms with Gasteiger partial charge in [0.2, 0.25) is 11.8 Å². The number of anilines is 1. The zero-order valence-electron chi connectivity index (χ0n) is 13.3. The largest absolute Gasteiger partial charge is 0.382 e. The number of nitriles is 1. The quantitative estimate of drug-likeness (QED) is 0.548. The van der Waals surface area contributed by atoms with E-state index >= 15 is 0 Å². The molecule has 1 saturated heterocycles. The van der Waals surface area contributed by atoms with Crippen molar-refractivity contribution in [2.45, 2.75) is 5.16 Å². The van der Waals surface area contributed by atoms with Gasteiger partial charge in [-0.3, -0.25) is 9.59 Å². The van der Waals surface area contributed by atoms with Crippen LogP contribution in [-0.2, 0) is 14.3 Å². The van der Waals surface area contributed by atoms with Crippen molar-refractivity contribution in [3.05, 3.63) is 11.8 Å². The number of nitrogens with zero attached hydrogens (tertiary/aromatic N) is 5. The summed E-state index contributed by atoms with van der Waals surface area (Å²) >= 11 is 1.11. The molecule has 1 aromatic heterocycles. The summed E-state index contributed by atoms with van der Waals surface area (Å²) in [5, 5.41) is 9.08. The van der Waals surface area contributed by atoms with Crippen LogP contribution in [-0.4, -0.2) is 77.2 Å². The molecule has 0 radical (unpaired) electrons. The van der Waals surface area contributed by atoms with Crippen molar-refractivity contribution < 1.29 is 14.3 Å². The van der Waals surface area contributed by atoms with Gasteiger partial charge in [0, 0.05) is 20.1 Å². The number of morpholine rings is 1. The number of aromatic nitrogens is 2. The summed E-state index contributed by atoms with van der Waals surface area (Å²) in [4.78, 5) is 35.2. The number of hydrogen-bond donors (Lipinski definition) is 1. The average molecular weight is 350 g/mol. The van der Waals surface area contributed by atoms with Crippen LogP contribution >= 0.6 is 11.8 Å². The minimum Gasteiger partial charge on any atom is -0.382 e. The van der Waals surface area contributed by atoms with Gasteiger partial charge in [-0.1, -0.05) is 11.8 Å². The third kappa shape index (κ3) is 4.81. The van der Waals surface area contributed by atoms with Crippen LogP contribution in [0.3, 0.4) is 0 Å². The van der Waals surface area contributed by atoms with Gasteiger partial charge in [-0.2, -0.15) is 5.26 Å². The molecule has 0 atom stereocenters. The average Bonchev–Trinajstić information content (AvgIpc) is 2.60. The zero-order valence-corrected chi connectivity index (χ0v) is 14.1. The van der Waals surface area contributed by atoms with Crippen LogP contribution in [0.25, 0.3) is 0 Å². The molecule has 2 heterocycles. The van der Waals surface area contributed by atoms with Crippen molar-refractivity contribution in [3.63, 3.8) is 0 Å². The molecule has 1 aliphatic heterocycles. The Kier molecular flexibility index (Phi) is 6.34. The number of nitrogen functional groups attached to an aromatic ring is 1. The molecule has 0 bridgehead atoms. The third-order valence-electron chi connectivity index (χ3n) is 3.40. The summed E-state index contributed by atoms with van der Waals surface area (Å²) in [6, 6.07) is 1.87. The van der Waals surface area contributed by atoms with Crippen LogP contribution in [0.2, 0.25) is 0 Å². The maximum atomic E-state index is 12.1. The fraction of sp³-hybridized carbons (Fsp3) is 0.500. The van der Waals surface area contributed by atoms with Gasteiger partial charge in [-0.25, -0.2) is 9.97 Å². The van der Waals surface area contributed by atoms with Gasteiger partial charge in [0.05, 0.1) is 31.7 Å². The number of thioether (sulfide) groups is 1. The zero-order chi connectivity index (χ0) is 17.5. The number of rotatable bonds is 5. The molecule has 1 aromatic rings. The minimum atomic E-state index is -0.215.